The Morgan fingerprint density at radius 3 is 2.72 bits per heavy atom. The van der Waals surface area contributed by atoms with E-state index in [4.69, 9.17) is 0 Å². The van der Waals surface area contributed by atoms with Crippen LogP contribution in [0.5, 0.6) is 0 Å². The third-order valence-electron chi connectivity index (χ3n) is 3.20. The maximum Gasteiger partial charge on any atom is 0.268 e. The summed E-state index contributed by atoms with van der Waals surface area (Å²) in [5.74, 6) is 0. The Balaban J connectivity index is 1.98. The van der Waals surface area contributed by atoms with Gasteiger partial charge in [0.25, 0.3) is 5.56 Å². The van der Waals surface area contributed by atoms with Crippen molar-refractivity contribution >= 4 is 5.69 Å². The van der Waals surface area contributed by atoms with Gasteiger partial charge >= 0.3 is 0 Å². The first-order valence-electron chi connectivity index (χ1n) is 6.72. The SMILES string of the molecule is CC(C)NCCn1ncc(N2CCCC2)cc1=O. The fourth-order valence-electron chi connectivity index (χ4n) is 2.20. The summed E-state index contributed by atoms with van der Waals surface area (Å²) in [5, 5.41) is 7.52. The number of aromatic nitrogens is 2. The number of nitrogens with zero attached hydrogens (tertiary/aromatic N) is 3. The van der Waals surface area contributed by atoms with E-state index in [1.807, 2.05) is 6.20 Å². The molecular formula is C13H22N4O. The zero-order chi connectivity index (χ0) is 13.0. The Morgan fingerprint density at radius 2 is 2.11 bits per heavy atom. The van der Waals surface area contributed by atoms with E-state index in [0.717, 1.165) is 25.3 Å². The van der Waals surface area contributed by atoms with E-state index in [2.05, 4.69) is 29.2 Å². The molecule has 0 aromatic carbocycles. The van der Waals surface area contributed by atoms with Crippen LogP contribution in [0.4, 0.5) is 5.69 Å². The summed E-state index contributed by atoms with van der Waals surface area (Å²) in [6, 6.07) is 2.14. The van der Waals surface area contributed by atoms with Gasteiger partial charge in [0.15, 0.2) is 0 Å². The molecular weight excluding hydrogens is 228 g/mol. The maximum atomic E-state index is 11.9. The summed E-state index contributed by atoms with van der Waals surface area (Å²) < 4.78 is 1.52. The van der Waals surface area contributed by atoms with Gasteiger partial charge in [0.1, 0.15) is 0 Å². The Labute approximate surface area is 108 Å². The fourth-order valence-corrected chi connectivity index (χ4v) is 2.20. The van der Waals surface area contributed by atoms with Crippen LogP contribution in [0, 0.1) is 0 Å². The summed E-state index contributed by atoms with van der Waals surface area (Å²) in [4.78, 5) is 14.1. The van der Waals surface area contributed by atoms with Gasteiger partial charge in [-0.2, -0.15) is 5.10 Å². The van der Waals surface area contributed by atoms with Gasteiger partial charge in [-0.15, -0.1) is 0 Å². The van der Waals surface area contributed by atoms with E-state index in [1.54, 1.807) is 6.07 Å². The van der Waals surface area contributed by atoms with Crippen molar-refractivity contribution in [3.8, 4) is 0 Å². The maximum absolute atomic E-state index is 11.9. The van der Waals surface area contributed by atoms with Crippen molar-refractivity contribution in [1.29, 1.82) is 0 Å². The minimum Gasteiger partial charge on any atom is -0.370 e. The minimum atomic E-state index is -0.00930. The van der Waals surface area contributed by atoms with Crippen LogP contribution in [0.2, 0.25) is 0 Å². The zero-order valence-corrected chi connectivity index (χ0v) is 11.2. The Kier molecular flexibility index (Phi) is 4.36. The number of hydrogen-bond donors (Lipinski definition) is 1. The zero-order valence-electron chi connectivity index (χ0n) is 11.2. The van der Waals surface area contributed by atoms with Crippen molar-refractivity contribution in [2.75, 3.05) is 24.5 Å². The molecule has 100 valence electrons. The molecule has 1 aromatic rings. The molecule has 1 N–H and O–H groups in total. The molecule has 0 aliphatic carbocycles. The average molecular weight is 250 g/mol. The largest absolute Gasteiger partial charge is 0.370 e. The van der Waals surface area contributed by atoms with Crippen LogP contribution in [0.3, 0.4) is 0 Å². The van der Waals surface area contributed by atoms with Gasteiger partial charge in [-0.3, -0.25) is 4.79 Å². The Bertz CT molecular complexity index is 435. The van der Waals surface area contributed by atoms with Crippen LogP contribution in [-0.2, 0) is 6.54 Å². The van der Waals surface area contributed by atoms with Crippen LogP contribution in [-0.4, -0.2) is 35.5 Å². The van der Waals surface area contributed by atoms with Crippen LogP contribution >= 0.6 is 0 Å². The van der Waals surface area contributed by atoms with Gasteiger partial charge < -0.3 is 10.2 Å². The first-order valence-corrected chi connectivity index (χ1v) is 6.72. The van der Waals surface area contributed by atoms with Crippen molar-refractivity contribution in [1.82, 2.24) is 15.1 Å². The molecule has 5 heteroatoms. The predicted octanol–water partition coefficient (Wildman–Crippen LogP) is 0.841. The van der Waals surface area contributed by atoms with Crippen LogP contribution in [0.25, 0.3) is 0 Å². The van der Waals surface area contributed by atoms with E-state index < -0.39 is 0 Å². The standard InChI is InChI=1S/C13H22N4O/c1-11(2)14-5-8-17-13(18)9-12(10-15-17)16-6-3-4-7-16/h9-11,14H,3-8H2,1-2H3. The molecule has 1 saturated heterocycles. The molecule has 5 nitrogen and oxygen atoms in total. The van der Waals surface area contributed by atoms with E-state index in [9.17, 15) is 4.79 Å². The molecule has 0 bridgehead atoms. The van der Waals surface area contributed by atoms with Gasteiger partial charge in [-0.1, -0.05) is 13.8 Å². The highest BCUT2D eigenvalue weighted by molar-refractivity contribution is 5.43. The first-order chi connectivity index (χ1) is 8.66. The summed E-state index contributed by atoms with van der Waals surface area (Å²) in [7, 11) is 0. The summed E-state index contributed by atoms with van der Waals surface area (Å²) in [5.41, 5.74) is 0.954. The molecule has 0 saturated carbocycles. The lowest BCUT2D eigenvalue weighted by Gasteiger charge is -2.17. The smallest absolute Gasteiger partial charge is 0.268 e. The Morgan fingerprint density at radius 1 is 1.39 bits per heavy atom. The number of nitrogens with one attached hydrogen (secondary N) is 1. The van der Waals surface area contributed by atoms with Gasteiger partial charge in [0.05, 0.1) is 18.4 Å². The molecule has 0 unspecified atom stereocenters. The molecule has 0 atom stereocenters. The van der Waals surface area contributed by atoms with E-state index in [1.165, 1.54) is 17.5 Å². The Hall–Kier alpha value is -1.36. The molecule has 2 heterocycles. The molecule has 0 spiro atoms. The van der Waals surface area contributed by atoms with Crippen LogP contribution < -0.4 is 15.8 Å². The van der Waals surface area contributed by atoms with Crippen molar-refractivity contribution in [2.45, 2.75) is 39.3 Å². The monoisotopic (exact) mass is 250 g/mol. The molecule has 1 aliphatic heterocycles. The minimum absolute atomic E-state index is 0.00930. The third-order valence-corrected chi connectivity index (χ3v) is 3.20. The number of rotatable bonds is 5. The highest BCUT2D eigenvalue weighted by Crippen LogP contribution is 2.16. The van der Waals surface area contributed by atoms with Gasteiger partial charge in [0.2, 0.25) is 0 Å². The van der Waals surface area contributed by atoms with Gasteiger partial charge in [-0.25, -0.2) is 4.68 Å². The fraction of sp³-hybridized carbons (Fsp3) is 0.692. The van der Waals surface area contributed by atoms with Gasteiger partial charge in [0, 0.05) is 31.7 Å². The second-order valence-electron chi connectivity index (χ2n) is 5.08. The van der Waals surface area contributed by atoms with E-state index in [-0.39, 0.29) is 5.56 Å². The summed E-state index contributed by atoms with van der Waals surface area (Å²) in [6.45, 7) is 7.66. The summed E-state index contributed by atoms with van der Waals surface area (Å²) >= 11 is 0. The quantitative estimate of drug-likeness (QED) is 0.841. The lowest BCUT2D eigenvalue weighted by molar-refractivity contribution is 0.500. The summed E-state index contributed by atoms with van der Waals surface area (Å²) in [6.07, 6.45) is 4.23. The molecule has 1 fully saturated rings. The van der Waals surface area contributed by atoms with Crippen molar-refractivity contribution < 1.29 is 0 Å². The molecule has 0 radical (unpaired) electrons. The predicted molar refractivity (Wildman–Crippen MR) is 73.1 cm³/mol. The number of anilines is 1. The number of hydrogen-bond acceptors (Lipinski definition) is 4. The molecule has 1 aromatic heterocycles. The molecule has 18 heavy (non-hydrogen) atoms. The van der Waals surface area contributed by atoms with Crippen LogP contribution in [0.15, 0.2) is 17.1 Å². The van der Waals surface area contributed by atoms with Crippen LogP contribution in [0.1, 0.15) is 26.7 Å². The van der Waals surface area contributed by atoms with Crippen molar-refractivity contribution in [2.24, 2.45) is 0 Å². The van der Waals surface area contributed by atoms with E-state index in [0.29, 0.717) is 12.6 Å². The lowest BCUT2D eigenvalue weighted by atomic mass is 10.4. The normalized spacial score (nSPS) is 15.6. The second-order valence-corrected chi connectivity index (χ2v) is 5.08. The molecule has 1 aliphatic rings. The first kappa shape index (κ1) is 13.1. The molecule has 2 rings (SSSR count). The average Bonchev–Trinajstić information content (AvgIpc) is 2.84. The highest BCUT2D eigenvalue weighted by atomic mass is 16.1. The highest BCUT2D eigenvalue weighted by Gasteiger charge is 2.13. The van der Waals surface area contributed by atoms with Crippen molar-refractivity contribution in [3.63, 3.8) is 0 Å². The van der Waals surface area contributed by atoms with Crippen molar-refractivity contribution in [3.05, 3.63) is 22.6 Å². The molecule has 0 amide bonds. The second kappa shape index (κ2) is 6.00. The third kappa shape index (κ3) is 3.32. The van der Waals surface area contributed by atoms with E-state index >= 15 is 0 Å². The topological polar surface area (TPSA) is 50.2 Å². The lowest BCUT2D eigenvalue weighted by Crippen LogP contribution is -2.32. The van der Waals surface area contributed by atoms with Gasteiger partial charge in [-0.05, 0) is 12.8 Å².